The van der Waals surface area contributed by atoms with Crippen molar-refractivity contribution in [2.45, 2.75) is 49.8 Å². The number of hydrogen-bond acceptors (Lipinski definition) is 5. The van der Waals surface area contributed by atoms with Crippen LogP contribution in [0.15, 0.2) is 41.6 Å². The van der Waals surface area contributed by atoms with Crippen molar-refractivity contribution in [2.75, 3.05) is 5.32 Å². The molecule has 0 amide bonds. The Morgan fingerprint density at radius 1 is 1.23 bits per heavy atom. The number of hydrogen-bond donors (Lipinski definition) is 2. The van der Waals surface area contributed by atoms with Crippen molar-refractivity contribution in [3.8, 4) is 0 Å². The Labute approximate surface area is 170 Å². The van der Waals surface area contributed by atoms with Gasteiger partial charge in [0.25, 0.3) is 11.5 Å². The summed E-state index contributed by atoms with van der Waals surface area (Å²) in [4.78, 5) is 21.1. The molecule has 1 aromatic carbocycles. The van der Waals surface area contributed by atoms with Gasteiger partial charge in [0.05, 0.1) is 10.9 Å². The van der Waals surface area contributed by atoms with E-state index in [9.17, 15) is 18.7 Å². The van der Waals surface area contributed by atoms with Gasteiger partial charge in [0.2, 0.25) is 0 Å². The van der Waals surface area contributed by atoms with Crippen LogP contribution in [0.5, 0.6) is 0 Å². The van der Waals surface area contributed by atoms with Gasteiger partial charge < -0.3 is 15.0 Å². The number of pyridine rings is 1. The number of aliphatic hydroxyl groups is 1. The molecule has 154 valence electrons. The molecule has 4 aliphatic carbocycles. The second-order valence-electron chi connectivity index (χ2n) is 8.83. The Morgan fingerprint density at radius 2 is 2.03 bits per heavy atom. The van der Waals surface area contributed by atoms with Crippen molar-refractivity contribution in [2.24, 2.45) is 5.92 Å². The molecule has 1 unspecified atom stereocenters. The van der Waals surface area contributed by atoms with E-state index in [-0.39, 0.29) is 29.5 Å². The number of nitrogens with zero attached hydrogens (tertiary/aromatic N) is 3. The molecule has 3 saturated carbocycles. The van der Waals surface area contributed by atoms with Crippen LogP contribution in [0.3, 0.4) is 0 Å². The van der Waals surface area contributed by atoms with E-state index in [1.165, 1.54) is 24.5 Å². The normalized spacial score (nSPS) is 26.6. The summed E-state index contributed by atoms with van der Waals surface area (Å²) in [5.41, 5.74) is 1.18. The summed E-state index contributed by atoms with van der Waals surface area (Å²) in [7, 11) is 0. The van der Waals surface area contributed by atoms with Crippen LogP contribution in [-0.4, -0.2) is 19.6 Å². The predicted octanol–water partition coefficient (Wildman–Crippen LogP) is 3.44. The molecule has 2 N–H and O–H groups in total. The molecule has 0 spiro atoms. The lowest BCUT2D eigenvalue weighted by Crippen LogP contribution is -2.61. The standard InChI is InChI=1S/C22H20F2N4O2/c23-22(24)5-4-13-14(2-1-3-16(13)22)20(30)27-19-15-10-28(21-7-12(8-21)9-21)18(29)6-17(15)25-11-26-19/h1-3,6,10-12,20,30H,4-5,7-9H2,(H,25,26,27). The Kier molecular flexibility index (Phi) is 3.50. The molecule has 30 heavy (non-hydrogen) atoms. The number of benzene rings is 1. The Morgan fingerprint density at radius 3 is 2.77 bits per heavy atom. The van der Waals surface area contributed by atoms with Gasteiger partial charge in [-0.3, -0.25) is 4.79 Å². The smallest absolute Gasteiger partial charge is 0.273 e. The van der Waals surface area contributed by atoms with E-state index in [0.717, 1.165) is 25.2 Å². The molecule has 7 rings (SSSR count). The second kappa shape index (κ2) is 5.85. The third kappa shape index (κ3) is 2.40. The molecule has 0 radical (unpaired) electrons. The Balaban J connectivity index is 1.39. The molecule has 4 aliphatic rings. The third-order valence-electron chi connectivity index (χ3n) is 7.05. The van der Waals surface area contributed by atoms with E-state index in [2.05, 4.69) is 15.3 Å². The average molecular weight is 410 g/mol. The van der Waals surface area contributed by atoms with Gasteiger partial charge in [-0.1, -0.05) is 18.2 Å². The van der Waals surface area contributed by atoms with E-state index < -0.39 is 12.2 Å². The van der Waals surface area contributed by atoms with Crippen LogP contribution in [0.2, 0.25) is 0 Å². The highest BCUT2D eigenvalue weighted by atomic mass is 19.3. The van der Waals surface area contributed by atoms with E-state index in [4.69, 9.17) is 0 Å². The van der Waals surface area contributed by atoms with Crippen LogP contribution in [0.1, 0.15) is 48.6 Å². The third-order valence-corrected chi connectivity index (χ3v) is 7.05. The molecule has 0 aliphatic heterocycles. The van der Waals surface area contributed by atoms with E-state index in [1.54, 1.807) is 16.8 Å². The van der Waals surface area contributed by atoms with Crippen LogP contribution in [-0.2, 0) is 17.9 Å². The molecular weight excluding hydrogens is 390 g/mol. The number of alkyl halides is 2. The first kappa shape index (κ1) is 17.9. The first-order valence-electron chi connectivity index (χ1n) is 10.2. The zero-order chi connectivity index (χ0) is 20.7. The molecule has 6 nitrogen and oxygen atoms in total. The van der Waals surface area contributed by atoms with Crippen LogP contribution < -0.4 is 10.9 Å². The average Bonchev–Trinajstić information content (AvgIpc) is 2.95. The Bertz CT molecular complexity index is 1240. The lowest BCUT2D eigenvalue weighted by molar-refractivity contribution is -0.0911. The highest BCUT2D eigenvalue weighted by molar-refractivity contribution is 5.88. The second-order valence-corrected chi connectivity index (χ2v) is 8.83. The summed E-state index contributed by atoms with van der Waals surface area (Å²) < 4.78 is 30.0. The Hall–Kier alpha value is -2.87. The van der Waals surface area contributed by atoms with Crippen molar-refractivity contribution in [1.29, 1.82) is 0 Å². The quantitative estimate of drug-likeness (QED) is 0.644. The van der Waals surface area contributed by atoms with Gasteiger partial charge >= 0.3 is 0 Å². The number of aliphatic hydroxyl groups excluding tert-OH is 1. The van der Waals surface area contributed by atoms with E-state index >= 15 is 0 Å². The van der Waals surface area contributed by atoms with Gasteiger partial charge in [-0.05, 0) is 37.2 Å². The number of fused-ring (bicyclic) bond motifs is 2. The number of halogens is 2. The number of anilines is 1. The minimum atomic E-state index is -2.87. The zero-order valence-corrected chi connectivity index (χ0v) is 16.1. The van der Waals surface area contributed by atoms with Crippen molar-refractivity contribution < 1.29 is 13.9 Å². The van der Waals surface area contributed by atoms with E-state index in [0.29, 0.717) is 27.8 Å². The summed E-state index contributed by atoms with van der Waals surface area (Å²) in [6.45, 7) is 0. The van der Waals surface area contributed by atoms with Gasteiger partial charge in [-0.2, -0.15) is 0 Å². The van der Waals surface area contributed by atoms with Gasteiger partial charge in [0.15, 0.2) is 6.23 Å². The molecule has 3 aromatic rings. The fourth-order valence-electron chi connectivity index (χ4n) is 5.35. The van der Waals surface area contributed by atoms with Gasteiger partial charge in [0, 0.05) is 35.3 Å². The van der Waals surface area contributed by atoms with Crippen LogP contribution in [0, 0.1) is 5.92 Å². The molecule has 2 bridgehead atoms. The lowest BCUT2D eigenvalue weighted by Gasteiger charge is -2.62. The molecule has 8 heteroatoms. The van der Waals surface area contributed by atoms with Crippen molar-refractivity contribution >= 4 is 16.7 Å². The molecule has 1 atom stereocenters. The van der Waals surface area contributed by atoms with Crippen molar-refractivity contribution in [3.05, 3.63) is 63.8 Å². The monoisotopic (exact) mass is 410 g/mol. The summed E-state index contributed by atoms with van der Waals surface area (Å²) in [6, 6.07) is 6.10. The fraction of sp³-hybridized carbons (Fsp3) is 0.409. The molecule has 0 saturated heterocycles. The van der Waals surface area contributed by atoms with Gasteiger partial charge in [-0.15, -0.1) is 0 Å². The number of rotatable bonds is 4. The SMILES string of the molecule is O=c1cc2ncnc(NC(O)c3cccc4c3CCC4(F)F)c2cn1C12CC(C1)C2. The zero-order valence-electron chi connectivity index (χ0n) is 16.1. The summed E-state index contributed by atoms with van der Waals surface area (Å²) >= 11 is 0. The van der Waals surface area contributed by atoms with Crippen molar-refractivity contribution in [3.63, 3.8) is 0 Å². The van der Waals surface area contributed by atoms with Gasteiger partial charge in [0.1, 0.15) is 12.1 Å². The first-order valence-corrected chi connectivity index (χ1v) is 10.2. The summed E-state index contributed by atoms with van der Waals surface area (Å²) in [5, 5.41) is 14.4. The van der Waals surface area contributed by atoms with Gasteiger partial charge in [-0.25, -0.2) is 18.7 Å². The maximum absolute atomic E-state index is 14.1. The van der Waals surface area contributed by atoms with Crippen LogP contribution >= 0.6 is 0 Å². The predicted molar refractivity (Wildman–Crippen MR) is 106 cm³/mol. The minimum absolute atomic E-state index is 0.0224. The van der Waals surface area contributed by atoms with Crippen LogP contribution in [0.4, 0.5) is 14.6 Å². The summed E-state index contributed by atoms with van der Waals surface area (Å²) in [6.07, 6.45) is 4.90. The number of aromatic nitrogens is 3. The lowest BCUT2D eigenvalue weighted by atomic mass is 9.49. The molecule has 3 fully saturated rings. The van der Waals surface area contributed by atoms with Crippen LogP contribution in [0.25, 0.3) is 10.9 Å². The largest absolute Gasteiger partial charge is 0.369 e. The maximum atomic E-state index is 14.1. The maximum Gasteiger partial charge on any atom is 0.273 e. The molecular formula is C22H20F2N4O2. The minimum Gasteiger partial charge on any atom is -0.369 e. The fourth-order valence-corrected chi connectivity index (χ4v) is 5.35. The highest BCUT2D eigenvalue weighted by Gasteiger charge is 2.58. The highest BCUT2D eigenvalue weighted by Crippen LogP contribution is 2.61. The first-order chi connectivity index (χ1) is 14.4. The topological polar surface area (TPSA) is 80.0 Å². The van der Waals surface area contributed by atoms with E-state index in [1.807, 2.05) is 0 Å². The summed E-state index contributed by atoms with van der Waals surface area (Å²) in [5.74, 6) is -1.78. The molecule has 2 heterocycles. The van der Waals surface area contributed by atoms with Crippen molar-refractivity contribution in [1.82, 2.24) is 14.5 Å². The molecule has 2 aromatic heterocycles. The number of nitrogens with one attached hydrogen (secondary N) is 1.